The highest BCUT2D eigenvalue weighted by atomic mass is 16.5. The molecule has 1 aromatic carbocycles. The van der Waals surface area contributed by atoms with Crippen molar-refractivity contribution in [3.63, 3.8) is 0 Å². The van der Waals surface area contributed by atoms with Crippen molar-refractivity contribution >= 4 is 5.97 Å². The maximum Gasteiger partial charge on any atom is 0.337 e. The topological polar surface area (TPSA) is 112 Å². The Morgan fingerprint density at radius 3 is 2.61 bits per heavy atom. The summed E-state index contributed by atoms with van der Waals surface area (Å²) in [4.78, 5) is 17.0. The summed E-state index contributed by atoms with van der Waals surface area (Å²) in [6, 6.07) is 7.75. The second kappa shape index (κ2) is 7.90. The Morgan fingerprint density at radius 1 is 1.21 bits per heavy atom. The SMILES string of the molecule is COc1ccc(-c2cc3c(cn2)CCc2c(C(=O)O)c(CC4(N)CNC4)n(C)c2-3)cc1OC. The Balaban J connectivity index is 1.64. The number of fused-ring (bicyclic) bond motifs is 3. The van der Waals surface area contributed by atoms with Gasteiger partial charge < -0.3 is 30.2 Å². The van der Waals surface area contributed by atoms with Gasteiger partial charge in [-0.25, -0.2) is 4.79 Å². The molecule has 5 rings (SSSR count). The molecule has 2 aromatic heterocycles. The van der Waals surface area contributed by atoms with Gasteiger partial charge >= 0.3 is 5.97 Å². The molecule has 1 aliphatic heterocycles. The average molecular weight is 449 g/mol. The minimum atomic E-state index is -0.893. The first-order valence-electron chi connectivity index (χ1n) is 11.0. The van der Waals surface area contributed by atoms with Gasteiger partial charge in [0.05, 0.1) is 31.2 Å². The van der Waals surface area contributed by atoms with E-state index in [2.05, 4.69) is 5.32 Å². The average Bonchev–Trinajstić information content (AvgIpc) is 3.08. The number of carboxylic acids is 1. The predicted octanol–water partition coefficient (Wildman–Crippen LogP) is 2.41. The Bertz CT molecular complexity index is 1260. The summed E-state index contributed by atoms with van der Waals surface area (Å²) in [6.07, 6.45) is 3.84. The molecule has 0 amide bonds. The van der Waals surface area contributed by atoms with Crippen molar-refractivity contribution < 1.29 is 19.4 Å². The van der Waals surface area contributed by atoms with Gasteiger partial charge in [-0.05, 0) is 48.2 Å². The highest BCUT2D eigenvalue weighted by Gasteiger charge is 2.38. The van der Waals surface area contributed by atoms with Crippen LogP contribution in [-0.2, 0) is 26.3 Å². The number of pyridine rings is 1. The number of nitrogens with two attached hydrogens (primary N) is 1. The molecule has 8 heteroatoms. The molecular formula is C25H28N4O4. The minimum Gasteiger partial charge on any atom is -0.493 e. The molecule has 172 valence electrons. The van der Waals surface area contributed by atoms with Crippen molar-refractivity contribution in [2.75, 3.05) is 27.3 Å². The van der Waals surface area contributed by atoms with E-state index in [4.69, 9.17) is 20.2 Å². The zero-order chi connectivity index (χ0) is 23.3. The van der Waals surface area contributed by atoms with E-state index >= 15 is 0 Å². The molecule has 0 radical (unpaired) electrons. The van der Waals surface area contributed by atoms with Crippen LogP contribution in [0.25, 0.3) is 22.5 Å². The van der Waals surface area contributed by atoms with Crippen LogP contribution < -0.4 is 20.5 Å². The Kier molecular flexibility index (Phi) is 5.14. The number of aromatic carboxylic acids is 1. The normalized spacial score (nSPS) is 15.9. The molecule has 0 spiro atoms. The smallest absolute Gasteiger partial charge is 0.337 e. The van der Waals surface area contributed by atoms with Crippen LogP contribution in [0.15, 0.2) is 30.5 Å². The first-order valence-corrected chi connectivity index (χ1v) is 11.0. The highest BCUT2D eigenvalue weighted by molar-refractivity contribution is 5.95. The monoisotopic (exact) mass is 448 g/mol. The van der Waals surface area contributed by atoms with E-state index in [0.717, 1.165) is 45.8 Å². The summed E-state index contributed by atoms with van der Waals surface area (Å²) in [5.41, 5.74) is 12.9. The first-order chi connectivity index (χ1) is 15.8. The number of benzene rings is 1. The lowest BCUT2D eigenvalue weighted by molar-refractivity contribution is 0.0693. The fourth-order valence-corrected chi connectivity index (χ4v) is 5.06. The second-order valence-corrected chi connectivity index (χ2v) is 8.95. The van der Waals surface area contributed by atoms with Crippen LogP contribution >= 0.6 is 0 Å². The summed E-state index contributed by atoms with van der Waals surface area (Å²) >= 11 is 0. The number of ether oxygens (including phenoxy) is 2. The number of methoxy groups -OCH3 is 2. The van der Waals surface area contributed by atoms with Crippen molar-refractivity contribution in [2.24, 2.45) is 12.8 Å². The number of aromatic nitrogens is 2. The van der Waals surface area contributed by atoms with Gasteiger partial charge in [0.15, 0.2) is 11.5 Å². The van der Waals surface area contributed by atoms with E-state index in [9.17, 15) is 9.90 Å². The number of nitrogens with zero attached hydrogens (tertiary/aromatic N) is 2. The van der Waals surface area contributed by atoms with Gasteiger partial charge in [0.25, 0.3) is 0 Å². The van der Waals surface area contributed by atoms with Crippen LogP contribution in [0.3, 0.4) is 0 Å². The number of rotatable bonds is 6. The Morgan fingerprint density at radius 2 is 1.97 bits per heavy atom. The molecule has 1 fully saturated rings. The molecule has 0 atom stereocenters. The summed E-state index contributed by atoms with van der Waals surface area (Å²) in [5.74, 6) is 0.392. The molecule has 3 aromatic rings. The quantitative estimate of drug-likeness (QED) is 0.531. The number of hydrogen-bond donors (Lipinski definition) is 3. The first kappa shape index (κ1) is 21.5. The third kappa shape index (κ3) is 3.46. The van der Waals surface area contributed by atoms with Gasteiger partial charge in [0.2, 0.25) is 0 Å². The van der Waals surface area contributed by atoms with E-state index in [1.54, 1.807) is 14.2 Å². The van der Waals surface area contributed by atoms with Crippen LogP contribution in [0.1, 0.15) is 27.2 Å². The number of nitrogens with one attached hydrogen (secondary N) is 1. The fourth-order valence-electron chi connectivity index (χ4n) is 5.06. The third-order valence-electron chi connectivity index (χ3n) is 6.87. The Labute approximate surface area is 192 Å². The Hall–Kier alpha value is -3.36. The number of hydrogen-bond acceptors (Lipinski definition) is 6. The van der Waals surface area contributed by atoms with Crippen molar-refractivity contribution in [3.05, 3.63) is 52.8 Å². The molecule has 0 bridgehead atoms. The van der Waals surface area contributed by atoms with Crippen molar-refractivity contribution in [1.29, 1.82) is 0 Å². The molecule has 1 aliphatic carbocycles. The summed E-state index contributed by atoms with van der Waals surface area (Å²) in [5, 5.41) is 13.3. The number of carbonyl (C=O) groups is 1. The van der Waals surface area contributed by atoms with Crippen molar-refractivity contribution in [3.8, 4) is 34.0 Å². The highest BCUT2D eigenvalue weighted by Crippen LogP contribution is 2.41. The maximum absolute atomic E-state index is 12.3. The van der Waals surface area contributed by atoms with Gasteiger partial charge in [-0.2, -0.15) is 0 Å². The van der Waals surface area contributed by atoms with Crippen molar-refractivity contribution in [1.82, 2.24) is 14.9 Å². The van der Waals surface area contributed by atoms with Gasteiger partial charge in [0, 0.05) is 55.1 Å². The molecule has 1 saturated heterocycles. The van der Waals surface area contributed by atoms with E-state index < -0.39 is 11.5 Å². The van der Waals surface area contributed by atoms with Gasteiger partial charge in [-0.1, -0.05) is 0 Å². The van der Waals surface area contributed by atoms with Crippen LogP contribution in [0.2, 0.25) is 0 Å². The predicted molar refractivity (Wildman–Crippen MR) is 125 cm³/mol. The largest absolute Gasteiger partial charge is 0.493 e. The summed E-state index contributed by atoms with van der Waals surface area (Å²) in [7, 11) is 5.16. The van der Waals surface area contributed by atoms with E-state index in [0.29, 0.717) is 43.0 Å². The van der Waals surface area contributed by atoms with Gasteiger partial charge in [-0.3, -0.25) is 4.98 Å². The minimum absolute atomic E-state index is 0.402. The zero-order valence-electron chi connectivity index (χ0n) is 19.1. The van der Waals surface area contributed by atoms with Crippen LogP contribution in [-0.4, -0.2) is 53.5 Å². The molecule has 4 N–H and O–H groups in total. The van der Waals surface area contributed by atoms with E-state index in [1.165, 1.54) is 0 Å². The van der Waals surface area contributed by atoms with Crippen LogP contribution in [0, 0.1) is 0 Å². The molecule has 0 unspecified atom stereocenters. The molecule has 3 heterocycles. The van der Waals surface area contributed by atoms with Gasteiger partial charge in [-0.15, -0.1) is 0 Å². The lowest BCUT2D eigenvalue weighted by Gasteiger charge is -2.39. The third-order valence-corrected chi connectivity index (χ3v) is 6.87. The van der Waals surface area contributed by atoms with Gasteiger partial charge in [0.1, 0.15) is 0 Å². The second-order valence-electron chi connectivity index (χ2n) is 8.95. The molecule has 8 nitrogen and oxygen atoms in total. The number of carboxylic acid groups (broad SMARTS) is 1. The van der Waals surface area contributed by atoms with E-state index in [-0.39, 0.29) is 0 Å². The molecule has 33 heavy (non-hydrogen) atoms. The standard InChI is InChI=1S/C25H28N4O4/c1-29-19(10-25(26)12-27-13-25)22(24(30)31)16-6-4-15-11-28-18(9-17(15)23(16)29)14-5-7-20(32-2)21(8-14)33-3/h5,7-9,11,27H,4,6,10,12-13,26H2,1-3H3,(H,30,31). The molecular weight excluding hydrogens is 420 g/mol. The maximum atomic E-state index is 12.3. The van der Waals surface area contributed by atoms with Crippen molar-refractivity contribution in [2.45, 2.75) is 24.8 Å². The zero-order valence-corrected chi connectivity index (χ0v) is 19.1. The fraction of sp³-hybridized carbons (Fsp3) is 0.360. The molecule has 0 saturated carbocycles. The summed E-state index contributed by atoms with van der Waals surface area (Å²) < 4.78 is 12.8. The molecule has 2 aliphatic rings. The van der Waals surface area contributed by atoms with Crippen LogP contribution in [0.5, 0.6) is 11.5 Å². The van der Waals surface area contributed by atoms with Crippen LogP contribution in [0.4, 0.5) is 0 Å². The lowest BCUT2D eigenvalue weighted by atomic mass is 9.85. The lowest BCUT2D eigenvalue weighted by Crippen LogP contribution is -2.67. The van der Waals surface area contributed by atoms with E-state index in [1.807, 2.05) is 42.1 Å². The number of aryl methyl sites for hydroxylation is 1. The summed E-state index contributed by atoms with van der Waals surface area (Å²) in [6.45, 7) is 1.37.